The zero-order chi connectivity index (χ0) is 23.8. The number of carbonyl (C=O) groups is 2. The molecule has 0 radical (unpaired) electrons. The number of rotatable bonds is 5. The number of nitrogens with one attached hydrogen (secondary N) is 2. The highest BCUT2D eigenvalue weighted by Gasteiger charge is 2.67. The minimum absolute atomic E-state index is 0.122. The summed E-state index contributed by atoms with van der Waals surface area (Å²) in [5.41, 5.74) is -2.86. The molecular formula is C21H19F3N4O4S. The third kappa shape index (κ3) is 4.07. The molecule has 1 aromatic carbocycles. The van der Waals surface area contributed by atoms with Crippen LogP contribution >= 0.6 is 11.3 Å². The van der Waals surface area contributed by atoms with E-state index in [0.29, 0.717) is 10.6 Å². The third-order valence-electron chi connectivity index (χ3n) is 5.20. The molecule has 2 aromatic heterocycles. The number of para-hydroxylation sites is 1. The Morgan fingerprint density at radius 2 is 2.00 bits per heavy atom. The van der Waals surface area contributed by atoms with E-state index in [-0.39, 0.29) is 17.9 Å². The number of amides is 2. The van der Waals surface area contributed by atoms with E-state index in [1.807, 2.05) is 0 Å². The van der Waals surface area contributed by atoms with Crippen LogP contribution in [-0.2, 0) is 9.53 Å². The molecule has 1 fully saturated rings. The lowest BCUT2D eigenvalue weighted by atomic mass is 9.82. The van der Waals surface area contributed by atoms with E-state index in [4.69, 9.17) is 4.74 Å². The number of ether oxygens (including phenoxy) is 1. The van der Waals surface area contributed by atoms with Gasteiger partial charge in [-0.3, -0.25) is 4.79 Å². The maximum absolute atomic E-state index is 14.0. The molecule has 4 rings (SSSR count). The normalized spacial score (nSPS) is 23.0. The average molecular weight is 480 g/mol. The first-order valence-corrected chi connectivity index (χ1v) is 10.8. The molecule has 8 nitrogen and oxygen atoms in total. The summed E-state index contributed by atoms with van der Waals surface area (Å²) in [6.07, 6.45) is -3.93. The number of hydrogen-bond donors (Lipinski definition) is 3. The first-order chi connectivity index (χ1) is 15.7. The lowest BCUT2D eigenvalue weighted by Gasteiger charge is -2.44. The molecular weight excluding hydrogens is 461 g/mol. The molecule has 174 valence electrons. The fourth-order valence-corrected chi connectivity index (χ4v) is 4.46. The number of carbonyl (C=O) groups excluding carboxylic acids is 2. The van der Waals surface area contributed by atoms with E-state index >= 15 is 0 Å². The Kier molecular flexibility index (Phi) is 5.89. The molecule has 0 spiro atoms. The summed E-state index contributed by atoms with van der Waals surface area (Å²) in [6.45, 7) is 1.21. The van der Waals surface area contributed by atoms with Crippen molar-refractivity contribution in [3.63, 3.8) is 0 Å². The summed E-state index contributed by atoms with van der Waals surface area (Å²) in [7, 11) is 0. The van der Waals surface area contributed by atoms with Crippen LogP contribution in [0.2, 0.25) is 0 Å². The quantitative estimate of drug-likeness (QED) is 0.486. The molecule has 0 aliphatic carbocycles. The molecule has 1 aliphatic heterocycles. The molecule has 3 atom stereocenters. The number of nitrogens with zero attached hydrogens (tertiary/aromatic N) is 2. The molecule has 3 N–H and O–H groups in total. The molecule has 2 amide bonds. The van der Waals surface area contributed by atoms with Crippen LogP contribution in [-0.4, -0.2) is 45.4 Å². The summed E-state index contributed by atoms with van der Waals surface area (Å²) in [4.78, 5) is 25.6. The smallest absolute Gasteiger partial charge is 0.437 e. The largest absolute Gasteiger partial charge is 0.466 e. The minimum atomic E-state index is -5.36. The lowest BCUT2D eigenvalue weighted by Crippen LogP contribution is -2.73. The molecule has 0 unspecified atom stereocenters. The van der Waals surface area contributed by atoms with E-state index in [1.54, 1.807) is 47.8 Å². The standard InChI is InChI=1S/C21H19F3N4O4S/c1-2-32-18(29)15-17(25-19(30)26-20(15,31)21(22,23)24)13-11-28(12-7-4-3-5-8-12)27-16(13)14-9-6-10-33-14/h3-11,15,17,31H,2H2,1H3,(H2,25,26,30)/t15-,17-,20-/m0/s1. The highest BCUT2D eigenvalue weighted by molar-refractivity contribution is 7.13. The molecule has 3 aromatic rings. The van der Waals surface area contributed by atoms with Gasteiger partial charge in [0.25, 0.3) is 5.72 Å². The second-order valence-corrected chi connectivity index (χ2v) is 8.21. The van der Waals surface area contributed by atoms with E-state index in [2.05, 4.69) is 10.4 Å². The predicted octanol–water partition coefficient (Wildman–Crippen LogP) is 3.38. The van der Waals surface area contributed by atoms with Crippen LogP contribution < -0.4 is 10.6 Å². The Labute approximate surface area is 190 Å². The van der Waals surface area contributed by atoms with Crippen LogP contribution in [0.3, 0.4) is 0 Å². The summed E-state index contributed by atoms with van der Waals surface area (Å²) in [6, 6.07) is 9.38. The number of urea groups is 1. The number of esters is 1. The Bertz CT molecular complexity index is 1150. The van der Waals surface area contributed by atoms with Gasteiger partial charge in [0, 0.05) is 11.8 Å². The van der Waals surface area contributed by atoms with Crippen molar-refractivity contribution in [2.45, 2.75) is 24.9 Å². The maximum Gasteiger partial charge on any atom is 0.437 e. The van der Waals surface area contributed by atoms with E-state index in [1.165, 1.54) is 34.5 Å². The molecule has 33 heavy (non-hydrogen) atoms. The van der Waals surface area contributed by atoms with Gasteiger partial charge in [0.2, 0.25) is 0 Å². The molecule has 3 heterocycles. The number of halogens is 3. The van der Waals surface area contributed by atoms with Crippen molar-refractivity contribution in [2.75, 3.05) is 6.61 Å². The number of alkyl halides is 3. The average Bonchev–Trinajstić information content (AvgIpc) is 3.43. The zero-order valence-electron chi connectivity index (χ0n) is 17.2. The number of hydrogen-bond acceptors (Lipinski definition) is 6. The van der Waals surface area contributed by atoms with Crippen molar-refractivity contribution in [3.8, 4) is 16.3 Å². The van der Waals surface area contributed by atoms with Gasteiger partial charge in [-0.1, -0.05) is 24.3 Å². The van der Waals surface area contributed by atoms with E-state index in [0.717, 1.165) is 0 Å². The number of thiophene rings is 1. The Morgan fingerprint density at radius 1 is 1.27 bits per heavy atom. The first kappa shape index (κ1) is 22.8. The number of aromatic nitrogens is 2. The number of aliphatic hydroxyl groups is 1. The molecule has 1 saturated heterocycles. The van der Waals surface area contributed by atoms with Gasteiger partial charge in [-0.25, -0.2) is 9.48 Å². The van der Waals surface area contributed by atoms with E-state index in [9.17, 15) is 27.9 Å². The highest BCUT2D eigenvalue weighted by atomic mass is 32.1. The molecule has 12 heteroatoms. The first-order valence-electron chi connectivity index (χ1n) is 9.89. The summed E-state index contributed by atoms with van der Waals surface area (Å²) in [5, 5.41) is 20.7. The van der Waals surface area contributed by atoms with Gasteiger partial charge in [0.05, 0.1) is 23.2 Å². The molecule has 0 bridgehead atoms. The summed E-state index contributed by atoms with van der Waals surface area (Å²) >= 11 is 1.28. The summed E-state index contributed by atoms with van der Waals surface area (Å²) in [5.74, 6) is -3.55. The Morgan fingerprint density at radius 3 is 2.61 bits per heavy atom. The topological polar surface area (TPSA) is 105 Å². The minimum Gasteiger partial charge on any atom is -0.466 e. The molecule has 0 saturated carbocycles. The van der Waals surface area contributed by atoms with Gasteiger partial charge in [-0.15, -0.1) is 11.3 Å². The lowest BCUT2D eigenvalue weighted by molar-refractivity contribution is -0.294. The van der Waals surface area contributed by atoms with Crippen molar-refractivity contribution < 1.29 is 32.6 Å². The van der Waals surface area contributed by atoms with Crippen LogP contribution in [0.4, 0.5) is 18.0 Å². The maximum atomic E-state index is 14.0. The van der Waals surface area contributed by atoms with Crippen LogP contribution in [0, 0.1) is 5.92 Å². The van der Waals surface area contributed by atoms with Gasteiger partial charge in [0.1, 0.15) is 11.6 Å². The Hall–Kier alpha value is -3.38. The van der Waals surface area contributed by atoms with Crippen molar-refractivity contribution in [1.29, 1.82) is 0 Å². The van der Waals surface area contributed by atoms with Crippen LogP contribution in [0.5, 0.6) is 0 Å². The fourth-order valence-electron chi connectivity index (χ4n) is 3.73. The van der Waals surface area contributed by atoms with Crippen molar-refractivity contribution in [1.82, 2.24) is 20.4 Å². The van der Waals surface area contributed by atoms with Crippen LogP contribution in [0.15, 0.2) is 54.0 Å². The third-order valence-corrected chi connectivity index (χ3v) is 6.08. The second-order valence-electron chi connectivity index (χ2n) is 7.26. The SMILES string of the molecule is CCOC(=O)[C@@H]1[C@H](c2cn(-c3ccccc3)nc2-c2cccs2)NC(=O)N[C@@]1(O)C(F)(F)F. The second kappa shape index (κ2) is 8.52. The van der Waals surface area contributed by atoms with Gasteiger partial charge >= 0.3 is 18.2 Å². The van der Waals surface area contributed by atoms with Crippen LogP contribution in [0.1, 0.15) is 18.5 Å². The summed E-state index contributed by atoms with van der Waals surface area (Å²) < 4.78 is 48.2. The van der Waals surface area contributed by atoms with Gasteiger partial charge < -0.3 is 20.5 Å². The monoisotopic (exact) mass is 480 g/mol. The van der Waals surface area contributed by atoms with Crippen LogP contribution in [0.25, 0.3) is 16.3 Å². The van der Waals surface area contributed by atoms with Gasteiger partial charge in [-0.2, -0.15) is 18.3 Å². The molecule has 1 aliphatic rings. The highest BCUT2D eigenvalue weighted by Crippen LogP contribution is 2.45. The van der Waals surface area contributed by atoms with Crippen molar-refractivity contribution in [2.24, 2.45) is 5.92 Å². The van der Waals surface area contributed by atoms with Crippen molar-refractivity contribution >= 4 is 23.3 Å². The predicted molar refractivity (Wildman–Crippen MR) is 112 cm³/mol. The van der Waals surface area contributed by atoms with Gasteiger partial charge in [0.15, 0.2) is 0 Å². The van der Waals surface area contributed by atoms with Crippen molar-refractivity contribution in [3.05, 3.63) is 59.6 Å². The van der Waals surface area contributed by atoms with Gasteiger partial charge in [-0.05, 0) is 30.5 Å². The Balaban J connectivity index is 1.92. The number of benzene rings is 1. The van der Waals surface area contributed by atoms with E-state index < -0.39 is 35.9 Å². The fraction of sp³-hybridized carbons (Fsp3) is 0.286. The zero-order valence-corrected chi connectivity index (χ0v) is 18.0.